The van der Waals surface area contributed by atoms with Crippen LogP contribution in [-0.2, 0) is 0 Å². The van der Waals surface area contributed by atoms with Crippen LogP contribution in [0.25, 0.3) is 0 Å². The lowest BCUT2D eigenvalue weighted by molar-refractivity contribution is 0.0741. The topological polar surface area (TPSA) is 37.3 Å². The SMILES string of the molecule is CC[C@@H](O)C(=O)c1ccccc1. The normalized spacial score (nSPS) is 12.5. The summed E-state index contributed by atoms with van der Waals surface area (Å²) in [6.45, 7) is 1.78. The zero-order valence-electron chi connectivity index (χ0n) is 7.03. The van der Waals surface area contributed by atoms with Gasteiger partial charge in [0.25, 0.3) is 0 Å². The molecular formula is C10H12O2. The fourth-order valence-electron chi connectivity index (χ4n) is 0.980. The molecule has 0 aliphatic rings. The minimum absolute atomic E-state index is 0.196. The number of hydrogen-bond donors (Lipinski definition) is 1. The Hall–Kier alpha value is -1.15. The van der Waals surface area contributed by atoms with E-state index in [0.717, 1.165) is 0 Å². The molecule has 0 aromatic heterocycles. The molecule has 2 heteroatoms. The first-order valence-electron chi connectivity index (χ1n) is 4.03. The molecule has 0 aliphatic heterocycles. The molecule has 0 saturated heterocycles. The van der Waals surface area contributed by atoms with E-state index in [-0.39, 0.29) is 5.78 Å². The number of hydrogen-bond acceptors (Lipinski definition) is 2. The van der Waals surface area contributed by atoms with E-state index in [0.29, 0.717) is 12.0 Å². The van der Waals surface area contributed by atoms with E-state index in [1.807, 2.05) is 6.07 Å². The number of benzene rings is 1. The van der Waals surface area contributed by atoms with E-state index in [1.54, 1.807) is 31.2 Å². The third-order valence-electron chi connectivity index (χ3n) is 1.75. The fourth-order valence-corrected chi connectivity index (χ4v) is 0.980. The van der Waals surface area contributed by atoms with Gasteiger partial charge in [0.2, 0.25) is 0 Å². The number of aliphatic hydroxyl groups is 1. The van der Waals surface area contributed by atoms with Crippen LogP contribution in [0.1, 0.15) is 23.7 Å². The molecule has 0 spiro atoms. The molecule has 0 amide bonds. The largest absolute Gasteiger partial charge is 0.385 e. The van der Waals surface area contributed by atoms with Crippen molar-refractivity contribution in [3.63, 3.8) is 0 Å². The Kier molecular flexibility index (Phi) is 3.00. The molecule has 0 fully saturated rings. The first-order chi connectivity index (χ1) is 5.75. The molecule has 64 valence electrons. The zero-order valence-corrected chi connectivity index (χ0v) is 7.03. The van der Waals surface area contributed by atoms with Crippen LogP contribution in [0.2, 0.25) is 0 Å². The lowest BCUT2D eigenvalue weighted by Crippen LogP contribution is -2.18. The van der Waals surface area contributed by atoms with Crippen LogP contribution in [0.15, 0.2) is 30.3 Å². The van der Waals surface area contributed by atoms with Crippen molar-refractivity contribution in [3.05, 3.63) is 35.9 Å². The van der Waals surface area contributed by atoms with Crippen LogP contribution in [0.5, 0.6) is 0 Å². The van der Waals surface area contributed by atoms with E-state index in [9.17, 15) is 9.90 Å². The predicted octanol–water partition coefficient (Wildman–Crippen LogP) is 1.64. The third-order valence-corrected chi connectivity index (χ3v) is 1.75. The summed E-state index contributed by atoms with van der Waals surface area (Å²) in [6.07, 6.45) is -0.388. The molecular weight excluding hydrogens is 152 g/mol. The van der Waals surface area contributed by atoms with Crippen molar-refractivity contribution in [2.75, 3.05) is 0 Å². The molecule has 0 saturated carbocycles. The summed E-state index contributed by atoms with van der Waals surface area (Å²) in [6, 6.07) is 8.84. The van der Waals surface area contributed by atoms with Gasteiger partial charge in [-0.25, -0.2) is 0 Å². The highest BCUT2D eigenvalue weighted by Gasteiger charge is 2.13. The first kappa shape index (κ1) is 8.94. The molecule has 2 nitrogen and oxygen atoms in total. The molecule has 1 aromatic rings. The van der Waals surface area contributed by atoms with Crippen LogP contribution in [-0.4, -0.2) is 17.0 Å². The Morgan fingerprint density at radius 2 is 2.00 bits per heavy atom. The highest BCUT2D eigenvalue weighted by atomic mass is 16.3. The Balaban J connectivity index is 2.79. The maximum atomic E-state index is 11.3. The second-order valence-electron chi connectivity index (χ2n) is 2.65. The monoisotopic (exact) mass is 164 g/mol. The van der Waals surface area contributed by atoms with Gasteiger partial charge in [0, 0.05) is 5.56 Å². The van der Waals surface area contributed by atoms with Gasteiger partial charge in [0.1, 0.15) is 6.10 Å². The summed E-state index contributed by atoms with van der Waals surface area (Å²) >= 11 is 0. The molecule has 0 heterocycles. The smallest absolute Gasteiger partial charge is 0.191 e. The second-order valence-corrected chi connectivity index (χ2v) is 2.65. The number of ketones is 1. The summed E-state index contributed by atoms with van der Waals surface area (Å²) in [5.41, 5.74) is 0.576. The van der Waals surface area contributed by atoms with Gasteiger partial charge in [0.15, 0.2) is 5.78 Å². The third kappa shape index (κ3) is 1.92. The van der Waals surface area contributed by atoms with Gasteiger partial charge < -0.3 is 5.11 Å². The van der Waals surface area contributed by atoms with Gasteiger partial charge in [-0.1, -0.05) is 37.3 Å². The van der Waals surface area contributed by atoms with E-state index in [4.69, 9.17) is 0 Å². The summed E-state index contributed by atoms with van der Waals surface area (Å²) in [5, 5.41) is 9.23. The van der Waals surface area contributed by atoms with Gasteiger partial charge in [0.05, 0.1) is 0 Å². The van der Waals surface area contributed by atoms with Crippen LogP contribution in [0, 0.1) is 0 Å². The van der Waals surface area contributed by atoms with Crippen LogP contribution in [0.3, 0.4) is 0 Å². The highest BCUT2D eigenvalue weighted by molar-refractivity contribution is 5.99. The summed E-state index contributed by atoms with van der Waals surface area (Å²) in [7, 11) is 0. The van der Waals surface area contributed by atoms with E-state index >= 15 is 0 Å². The van der Waals surface area contributed by atoms with Crippen molar-refractivity contribution in [2.45, 2.75) is 19.4 Å². The standard InChI is InChI=1S/C10H12O2/c1-2-9(11)10(12)8-6-4-3-5-7-8/h3-7,9,11H,2H2,1H3/t9-/m1/s1. The van der Waals surface area contributed by atoms with Gasteiger partial charge >= 0.3 is 0 Å². The summed E-state index contributed by atoms with van der Waals surface area (Å²) in [4.78, 5) is 11.3. The van der Waals surface area contributed by atoms with Gasteiger partial charge in [-0.05, 0) is 6.42 Å². The number of carbonyl (C=O) groups excluding carboxylic acids is 1. The Bertz CT molecular complexity index is 254. The van der Waals surface area contributed by atoms with E-state index in [2.05, 4.69) is 0 Å². The Morgan fingerprint density at radius 3 is 2.50 bits per heavy atom. The van der Waals surface area contributed by atoms with Gasteiger partial charge in [-0.15, -0.1) is 0 Å². The van der Waals surface area contributed by atoms with Gasteiger partial charge in [-0.3, -0.25) is 4.79 Å². The summed E-state index contributed by atoms with van der Waals surface area (Å²) in [5.74, 6) is -0.196. The second kappa shape index (κ2) is 4.02. The molecule has 0 radical (unpaired) electrons. The number of rotatable bonds is 3. The minimum atomic E-state index is -0.854. The molecule has 1 N–H and O–H groups in total. The molecule has 12 heavy (non-hydrogen) atoms. The van der Waals surface area contributed by atoms with Crippen molar-refractivity contribution in [2.24, 2.45) is 0 Å². The number of aliphatic hydroxyl groups excluding tert-OH is 1. The van der Waals surface area contributed by atoms with Crippen LogP contribution < -0.4 is 0 Å². The van der Waals surface area contributed by atoms with Crippen molar-refractivity contribution < 1.29 is 9.90 Å². The van der Waals surface area contributed by atoms with Crippen molar-refractivity contribution in [1.29, 1.82) is 0 Å². The lowest BCUT2D eigenvalue weighted by Gasteiger charge is -2.05. The first-order valence-corrected chi connectivity index (χ1v) is 4.03. The molecule has 1 atom stereocenters. The van der Waals surface area contributed by atoms with Crippen LogP contribution in [0.4, 0.5) is 0 Å². The lowest BCUT2D eigenvalue weighted by atomic mass is 10.1. The van der Waals surface area contributed by atoms with E-state index in [1.165, 1.54) is 0 Å². The van der Waals surface area contributed by atoms with Crippen LogP contribution >= 0.6 is 0 Å². The maximum absolute atomic E-state index is 11.3. The molecule has 0 unspecified atom stereocenters. The van der Waals surface area contributed by atoms with Crippen molar-refractivity contribution in [1.82, 2.24) is 0 Å². The van der Waals surface area contributed by atoms with E-state index < -0.39 is 6.10 Å². The zero-order chi connectivity index (χ0) is 8.97. The molecule has 0 aliphatic carbocycles. The average Bonchev–Trinajstić information content (AvgIpc) is 2.17. The Morgan fingerprint density at radius 1 is 1.42 bits per heavy atom. The number of carbonyl (C=O) groups is 1. The fraction of sp³-hybridized carbons (Fsp3) is 0.300. The maximum Gasteiger partial charge on any atom is 0.191 e. The predicted molar refractivity (Wildman–Crippen MR) is 47.1 cm³/mol. The molecule has 1 aromatic carbocycles. The van der Waals surface area contributed by atoms with Crippen molar-refractivity contribution in [3.8, 4) is 0 Å². The highest BCUT2D eigenvalue weighted by Crippen LogP contribution is 2.04. The number of Topliss-reactive ketones (excluding diaryl/α,β-unsaturated/α-hetero) is 1. The van der Waals surface area contributed by atoms with Gasteiger partial charge in [-0.2, -0.15) is 0 Å². The van der Waals surface area contributed by atoms with Crippen molar-refractivity contribution >= 4 is 5.78 Å². The minimum Gasteiger partial charge on any atom is -0.385 e. The average molecular weight is 164 g/mol. The molecule has 0 bridgehead atoms. The quantitative estimate of drug-likeness (QED) is 0.689. The Labute approximate surface area is 71.8 Å². The summed E-state index contributed by atoms with van der Waals surface area (Å²) < 4.78 is 0. The molecule has 1 rings (SSSR count).